The van der Waals surface area contributed by atoms with Gasteiger partial charge in [0.05, 0.1) is 7.11 Å². The normalized spacial score (nSPS) is 19.3. The number of aryl methyl sites for hydroxylation is 1. The molecular weight excluding hydrogens is 272 g/mol. The summed E-state index contributed by atoms with van der Waals surface area (Å²) >= 11 is 0. The molecule has 0 radical (unpaired) electrons. The lowest BCUT2D eigenvalue weighted by Gasteiger charge is -2.27. The molecule has 1 atom stereocenters. The topological polar surface area (TPSA) is 24.5 Å². The number of hydrogen-bond donors (Lipinski definition) is 1. The second kappa shape index (κ2) is 8.50. The Labute approximate surface area is 129 Å². The maximum Gasteiger partial charge on any atom is 0.123 e. The summed E-state index contributed by atoms with van der Waals surface area (Å²) in [4.78, 5) is 2.48. The second-order valence-electron chi connectivity index (χ2n) is 5.57. The van der Waals surface area contributed by atoms with Gasteiger partial charge in [0.2, 0.25) is 0 Å². The van der Waals surface area contributed by atoms with Gasteiger partial charge >= 0.3 is 0 Å². The molecule has 0 amide bonds. The van der Waals surface area contributed by atoms with Gasteiger partial charge in [0.15, 0.2) is 0 Å². The number of halogens is 1. The number of benzene rings is 1. The molecule has 0 saturated carbocycles. The molecule has 1 heterocycles. The number of methoxy groups -OCH3 is 1. The molecule has 114 valence electrons. The first-order valence-electron chi connectivity index (χ1n) is 7.25. The van der Waals surface area contributed by atoms with Gasteiger partial charge in [-0.25, -0.2) is 0 Å². The molecule has 0 aliphatic carbocycles. The Kier molecular flexibility index (Phi) is 7.35. The van der Waals surface area contributed by atoms with Crippen molar-refractivity contribution < 1.29 is 4.74 Å². The highest BCUT2D eigenvalue weighted by molar-refractivity contribution is 5.85. The van der Waals surface area contributed by atoms with Crippen molar-refractivity contribution in [3.8, 4) is 5.75 Å². The molecule has 1 aromatic carbocycles. The summed E-state index contributed by atoms with van der Waals surface area (Å²) in [7, 11) is 3.99. The van der Waals surface area contributed by atoms with Crippen LogP contribution in [0.3, 0.4) is 0 Å². The largest absolute Gasteiger partial charge is 0.496 e. The molecule has 1 aliphatic heterocycles. The van der Waals surface area contributed by atoms with Gasteiger partial charge in [-0.1, -0.05) is 17.7 Å². The highest BCUT2D eigenvalue weighted by Crippen LogP contribution is 2.23. The number of nitrogens with zero attached hydrogens (tertiary/aromatic N) is 1. The molecule has 0 aromatic heterocycles. The lowest BCUT2D eigenvalue weighted by molar-refractivity contribution is 0.214. The minimum atomic E-state index is 0. The van der Waals surface area contributed by atoms with E-state index < -0.39 is 0 Å². The molecule has 1 N–H and O–H groups in total. The van der Waals surface area contributed by atoms with Crippen LogP contribution in [0.25, 0.3) is 0 Å². The van der Waals surface area contributed by atoms with Crippen molar-refractivity contribution in [2.24, 2.45) is 0 Å². The van der Waals surface area contributed by atoms with E-state index in [4.69, 9.17) is 4.74 Å². The SMILES string of the molecule is COc1ccc(C)cc1CN(C)C1CCCNCC1.Cl. The van der Waals surface area contributed by atoms with Gasteiger partial charge in [-0.15, -0.1) is 12.4 Å². The molecule has 3 nitrogen and oxygen atoms in total. The summed E-state index contributed by atoms with van der Waals surface area (Å²) in [5, 5.41) is 3.48. The van der Waals surface area contributed by atoms with E-state index in [0.29, 0.717) is 6.04 Å². The van der Waals surface area contributed by atoms with Gasteiger partial charge in [-0.05, 0) is 52.4 Å². The Morgan fingerprint density at radius 3 is 2.85 bits per heavy atom. The summed E-state index contributed by atoms with van der Waals surface area (Å²) in [5.41, 5.74) is 2.59. The number of nitrogens with one attached hydrogen (secondary N) is 1. The molecule has 20 heavy (non-hydrogen) atoms. The molecule has 1 aromatic rings. The van der Waals surface area contributed by atoms with E-state index >= 15 is 0 Å². The fourth-order valence-corrected chi connectivity index (χ4v) is 2.87. The Morgan fingerprint density at radius 2 is 2.10 bits per heavy atom. The minimum Gasteiger partial charge on any atom is -0.496 e. The third-order valence-electron chi connectivity index (χ3n) is 4.02. The fraction of sp³-hybridized carbons (Fsp3) is 0.625. The van der Waals surface area contributed by atoms with Crippen molar-refractivity contribution in [2.45, 2.75) is 38.8 Å². The second-order valence-corrected chi connectivity index (χ2v) is 5.57. The van der Waals surface area contributed by atoms with Crippen LogP contribution in [0.15, 0.2) is 18.2 Å². The first kappa shape index (κ1) is 17.3. The van der Waals surface area contributed by atoms with E-state index in [-0.39, 0.29) is 12.4 Å². The summed E-state index contributed by atoms with van der Waals surface area (Å²) in [5.74, 6) is 1.00. The maximum absolute atomic E-state index is 5.47. The summed E-state index contributed by atoms with van der Waals surface area (Å²) < 4.78 is 5.47. The van der Waals surface area contributed by atoms with E-state index in [0.717, 1.165) is 25.4 Å². The van der Waals surface area contributed by atoms with Crippen LogP contribution in [0.5, 0.6) is 5.75 Å². The van der Waals surface area contributed by atoms with Gasteiger partial charge in [0, 0.05) is 18.2 Å². The zero-order valence-electron chi connectivity index (χ0n) is 12.8. The molecule has 1 unspecified atom stereocenters. The van der Waals surface area contributed by atoms with Crippen LogP contribution in [0.4, 0.5) is 0 Å². The first-order valence-corrected chi connectivity index (χ1v) is 7.25. The van der Waals surface area contributed by atoms with Crippen LogP contribution in [0.1, 0.15) is 30.4 Å². The summed E-state index contributed by atoms with van der Waals surface area (Å²) in [6.45, 7) is 5.41. The maximum atomic E-state index is 5.47. The van der Waals surface area contributed by atoms with Crippen LogP contribution >= 0.6 is 12.4 Å². The minimum absolute atomic E-state index is 0. The highest BCUT2D eigenvalue weighted by Gasteiger charge is 2.18. The fourth-order valence-electron chi connectivity index (χ4n) is 2.87. The van der Waals surface area contributed by atoms with Gasteiger partial charge in [0.25, 0.3) is 0 Å². The predicted molar refractivity (Wildman–Crippen MR) is 87.0 cm³/mol. The Bertz CT molecular complexity index is 403. The van der Waals surface area contributed by atoms with Gasteiger partial charge in [0.1, 0.15) is 5.75 Å². The van der Waals surface area contributed by atoms with E-state index in [1.807, 2.05) is 0 Å². The average Bonchev–Trinajstić information content (AvgIpc) is 2.68. The Morgan fingerprint density at radius 1 is 1.30 bits per heavy atom. The quantitative estimate of drug-likeness (QED) is 0.925. The summed E-state index contributed by atoms with van der Waals surface area (Å²) in [6, 6.07) is 7.11. The van der Waals surface area contributed by atoms with Crippen LogP contribution < -0.4 is 10.1 Å². The highest BCUT2D eigenvalue weighted by atomic mass is 35.5. The lowest BCUT2D eigenvalue weighted by atomic mass is 10.1. The van der Waals surface area contributed by atoms with Crippen LogP contribution in [0, 0.1) is 6.92 Å². The van der Waals surface area contributed by atoms with Crippen LogP contribution in [-0.4, -0.2) is 38.2 Å². The Balaban J connectivity index is 0.00000200. The molecule has 0 bridgehead atoms. The van der Waals surface area contributed by atoms with Crippen LogP contribution in [-0.2, 0) is 6.54 Å². The molecule has 1 aliphatic rings. The van der Waals surface area contributed by atoms with Crippen molar-refractivity contribution in [3.63, 3.8) is 0 Å². The zero-order valence-corrected chi connectivity index (χ0v) is 13.6. The van der Waals surface area contributed by atoms with Crippen molar-refractivity contribution in [1.82, 2.24) is 10.2 Å². The molecular formula is C16H27ClN2O. The molecule has 4 heteroatoms. The van der Waals surface area contributed by atoms with E-state index in [1.54, 1.807) is 7.11 Å². The zero-order chi connectivity index (χ0) is 13.7. The van der Waals surface area contributed by atoms with Gasteiger partial charge < -0.3 is 10.1 Å². The number of rotatable bonds is 4. The van der Waals surface area contributed by atoms with E-state index in [9.17, 15) is 0 Å². The third kappa shape index (κ3) is 4.65. The van der Waals surface area contributed by atoms with Crippen molar-refractivity contribution in [1.29, 1.82) is 0 Å². The third-order valence-corrected chi connectivity index (χ3v) is 4.02. The van der Waals surface area contributed by atoms with Crippen LogP contribution in [0.2, 0.25) is 0 Å². The average molecular weight is 299 g/mol. The molecule has 2 rings (SSSR count). The molecule has 1 saturated heterocycles. The predicted octanol–water partition coefficient (Wildman–Crippen LogP) is 3.00. The lowest BCUT2D eigenvalue weighted by Crippen LogP contribution is -2.32. The van der Waals surface area contributed by atoms with Gasteiger partial charge in [-0.3, -0.25) is 4.90 Å². The number of hydrogen-bond acceptors (Lipinski definition) is 3. The molecule has 0 spiro atoms. The molecule has 1 fully saturated rings. The van der Waals surface area contributed by atoms with E-state index in [1.165, 1.54) is 30.4 Å². The first-order chi connectivity index (χ1) is 9.20. The smallest absolute Gasteiger partial charge is 0.123 e. The van der Waals surface area contributed by atoms with E-state index in [2.05, 4.69) is 42.4 Å². The van der Waals surface area contributed by atoms with Crippen molar-refractivity contribution in [2.75, 3.05) is 27.2 Å². The van der Waals surface area contributed by atoms with Crippen molar-refractivity contribution >= 4 is 12.4 Å². The monoisotopic (exact) mass is 298 g/mol. The Hall–Kier alpha value is -0.770. The van der Waals surface area contributed by atoms with Gasteiger partial charge in [-0.2, -0.15) is 0 Å². The van der Waals surface area contributed by atoms with Crippen molar-refractivity contribution in [3.05, 3.63) is 29.3 Å². The number of ether oxygens (including phenoxy) is 1. The standard InChI is InChI=1S/C16H26N2O.ClH/c1-13-6-7-16(19-3)14(11-13)12-18(2)15-5-4-9-17-10-8-15;/h6-7,11,15,17H,4-5,8-10,12H2,1-3H3;1H. The summed E-state index contributed by atoms with van der Waals surface area (Å²) in [6.07, 6.45) is 3.81.